The Bertz CT molecular complexity index is 840. The molecule has 4 nitrogen and oxygen atoms in total. The third kappa shape index (κ3) is 3.71. The Kier molecular flexibility index (Phi) is 5.06. The van der Waals surface area contributed by atoms with Crippen LogP contribution in [0.15, 0.2) is 48.7 Å². The first-order chi connectivity index (χ1) is 11.7. The van der Waals surface area contributed by atoms with Crippen molar-refractivity contribution in [2.24, 2.45) is 0 Å². The number of benzene rings is 2. The number of hydrogen-bond acceptors (Lipinski definition) is 2. The number of H-pyrrole nitrogens is 1. The lowest BCUT2D eigenvalue weighted by atomic mass is 10.1. The Balaban J connectivity index is 1.59. The standard InChI is InChI=1S/C19H19ClN2O2/c1-2-24-16-6-3-13(4-7-16)19(23)21-10-9-14-12-22-18-8-5-15(20)11-17(14)18/h3-8,11-12,22H,2,9-10H2,1H3,(H,21,23). The van der Waals surface area contributed by atoms with E-state index in [0.717, 1.165) is 28.6 Å². The molecule has 0 aliphatic carbocycles. The van der Waals surface area contributed by atoms with Crippen molar-refractivity contribution < 1.29 is 9.53 Å². The van der Waals surface area contributed by atoms with Crippen LogP contribution in [0.3, 0.4) is 0 Å². The Morgan fingerprint density at radius 2 is 2.00 bits per heavy atom. The van der Waals surface area contributed by atoms with E-state index in [9.17, 15) is 4.79 Å². The molecule has 24 heavy (non-hydrogen) atoms. The SMILES string of the molecule is CCOc1ccc(C(=O)NCCc2c[nH]c3ccc(Cl)cc23)cc1. The van der Waals surface area contributed by atoms with E-state index in [1.54, 1.807) is 24.3 Å². The second-order valence-electron chi connectivity index (χ2n) is 5.47. The first kappa shape index (κ1) is 16.4. The number of aromatic amines is 1. The minimum absolute atomic E-state index is 0.0871. The highest BCUT2D eigenvalue weighted by Gasteiger charge is 2.07. The zero-order valence-electron chi connectivity index (χ0n) is 13.4. The molecule has 2 N–H and O–H groups in total. The summed E-state index contributed by atoms with van der Waals surface area (Å²) < 4.78 is 5.38. The summed E-state index contributed by atoms with van der Waals surface area (Å²) in [5.41, 5.74) is 2.81. The van der Waals surface area contributed by atoms with Crippen LogP contribution in [0.5, 0.6) is 5.75 Å². The van der Waals surface area contributed by atoms with Crippen molar-refractivity contribution >= 4 is 28.4 Å². The number of carbonyl (C=O) groups excluding carboxylic acids is 1. The maximum Gasteiger partial charge on any atom is 0.251 e. The lowest BCUT2D eigenvalue weighted by Crippen LogP contribution is -2.25. The van der Waals surface area contributed by atoms with Gasteiger partial charge in [0, 0.05) is 34.2 Å². The van der Waals surface area contributed by atoms with E-state index in [1.165, 1.54) is 0 Å². The van der Waals surface area contributed by atoms with Gasteiger partial charge in [-0.25, -0.2) is 0 Å². The van der Waals surface area contributed by atoms with Gasteiger partial charge in [-0.3, -0.25) is 4.79 Å². The minimum atomic E-state index is -0.0871. The van der Waals surface area contributed by atoms with Crippen molar-refractivity contribution in [3.63, 3.8) is 0 Å². The zero-order chi connectivity index (χ0) is 16.9. The number of carbonyl (C=O) groups is 1. The quantitative estimate of drug-likeness (QED) is 0.705. The molecule has 1 heterocycles. The lowest BCUT2D eigenvalue weighted by molar-refractivity contribution is 0.0954. The third-order valence-electron chi connectivity index (χ3n) is 3.84. The average Bonchev–Trinajstić information content (AvgIpc) is 2.98. The van der Waals surface area contributed by atoms with Crippen LogP contribution in [0.2, 0.25) is 5.02 Å². The van der Waals surface area contributed by atoms with Gasteiger partial charge in [-0.2, -0.15) is 0 Å². The van der Waals surface area contributed by atoms with Gasteiger partial charge in [0.15, 0.2) is 0 Å². The molecule has 0 radical (unpaired) electrons. The second-order valence-corrected chi connectivity index (χ2v) is 5.90. The molecule has 5 heteroatoms. The van der Waals surface area contributed by atoms with Crippen LogP contribution in [-0.2, 0) is 6.42 Å². The summed E-state index contributed by atoms with van der Waals surface area (Å²) in [5.74, 6) is 0.681. The summed E-state index contributed by atoms with van der Waals surface area (Å²) in [7, 11) is 0. The number of aromatic nitrogens is 1. The van der Waals surface area contributed by atoms with E-state index in [-0.39, 0.29) is 5.91 Å². The fourth-order valence-corrected chi connectivity index (χ4v) is 2.81. The molecule has 0 atom stereocenters. The number of nitrogens with one attached hydrogen (secondary N) is 2. The summed E-state index contributed by atoms with van der Waals surface area (Å²) in [6.45, 7) is 3.10. The number of ether oxygens (including phenoxy) is 1. The normalized spacial score (nSPS) is 10.8. The monoisotopic (exact) mass is 342 g/mol. The van der Waals surface area contributed by atoms with E-state index in [0.29, 0.717) is 23.7 Å². The number of hydrogen-bond donors (Lipinski definition) is 2. The summed E-state index contributed by atoms with van der Waals surface area (Å²) in [6, 6.07) is 12.9. The topological polar surface area (TPSA) is 54.1 Å². The fraction of sp³-hybridized carbons (Fsp3) is 0.211. The van der Waals surface area contributed by atoms with Gasteiger partial charge in [0.25, 0.3) is 5.91 Å². The first-order valence-corrected chi connectivity index (χ1v) is 8.31. The summed E-state index contributed by atoms with van der Waals surface area (Å²) >= 11 is 6.05. The lowest BCUT2D eigenvalue weighted by Gasteiger charge is -2.07. The fourth-order valence-electron chi connectivity index (χ4n) is 2.64. The highest BCUT2D eigenvalue weighted by Crippen LogP contribution is 2.22. The van der Waals surface area contributed by atoms with E-state index in [2.05, 4.69) is 10.3 Å². The van der Waals surface area contributed by atoms with E-state index in [4.69, 9.17) is 16.3 Å². The van der Waals surface area contributed by atoms with Crippen molar-refractivity contribution in [1.82, 2.24) is 10.3 Å². The summed E-state index contributed by atoms with van der Waals surface area (Å²) in [5, 5.41) is 4.75. The van der Waals surface area contributed by atoms with Crippen molar-refractivity contribution in [3.05, 3.63) is 64.8 Å². The van der Waals surface area contributed by atoms with Gasteiger partial charge in [0.2, 0.25) is 0 Å². The first-order valence-electron chi connectivity index (χ1n) is 7.94. The second kappa shape index (κ2) is 7.41. The number of amides is 1. The number of fused-ring (bicyclic) bond motifs is 1. The van der Waals surface area contributed by atoms with Gasteiger partial charge < -0.3 is 15.0 Å². The maximum atomic E-state index is 12.2. The molecule has 3 aromatic rings. The van der Waals surface area contributed by atoms with E-state index in [1.807, 2.05) is 31.3 Å². The van der Waals surface area contributed by atoms with Crippen LogP contribution >= 0.6 is 11.6 Å². The highest BCUT2D eigenvalue weighted by atomic mass is 35.5. The summed E-state index contributed by atoms with van der Waals surface area (Å²) in [6.07, 6.45) is 2.70. The molecule has 1 aromatic heterocycles. The number of rotatable bonds is 6. The molecule has 0 fully saturated rings. The Hall–Kier alpha value is -2.46. The van der Waals surface area contributed by atoms with Crippen molar-refractivity contribution in [3.8, 4) is 5.75 Å². The molecule has 0 aliphatic rings. The molecule has 0 bridgehead atoms. The molecule has 0 saturated heterocycles. The largest absolute Gasteiger partial charge is 0.494 e. The number of halogens is 1. The molecule has 2 aromatic carbocycles. The van der Waals surface area contributed by atoms with Gasteiger partial charge >= 0.3 is 0 Å². The predicted molar refractivity (Wildman–Crippen MR) is 97.0 cm³/mol. The van der Waals surface area contributed by atoms with Crippen molar-refractivity contribution in [2.45, 2.75) is 13.3 Å². The molecule has 0 spiro atoms. The molecule has 0 saturated carbocycles. The van der Waals surface area contributed by atoms with Crippen LogP contribution < -0.4 is 10.1 Å². The third-order valence-corrected chi connectivity index (χ3v) is 4.07. The van der Waals surface area contributed by atoms with E-state index >= 15 is 0 Å². The van der Waals surface area contributed by atoms with Gasteiger partial charge in [0.05, 0.1) is 6.61 Å². The molecule has 1 amide bonds. The molecule has 3 rings (SSSR count). The predicted octanol–water partition coefficient (Wildman–Crippen LogP) is 4.19. The van der Waals surface area contributed by atoms with Gasteiger partial charge in [-0.05, 0) is 61.4 Å². The Labute approximate surface area is 145 Å². The molecule has 124 valence electrons. The zero-order valence-corrected chi connectivity index (χ0v) is 14.2. The van der Waals surface area contributed by atoms with Crippen molar-refractivity contribution in [2.75, 3.05) is 13.2 Å². The molecular weight excluding hydrogens is 324 g/mol. The van der Waals surface area contributed by atoms with Crippen LogP contribution in [-0.4, -0.2) is 24.0 Å². The van der Waals surface area contributed by atoms with Crippen LogP contribution in [0, 0.1) is 0 Å². The molecule has 0 unspecified atom stereocenters. The highest BCUT2D eigenvalue weighted by molar-refractivity contribution is 6.31. The van der Waals surface area contributed by atoms with Gasteiger partial charge in [-0.1, -0.05) is 11.6 Å². The van der Waals surface area contributed by atoms with Crippen molar-refractivity contribution in [1.29, 1.82) is 0 Å². The van der Waals surface area contributed by atoms with Gasteiger partial charge in [0.1, 0.15) is 5.75 Å². The van der Waals surface area contributed by atoms with Gasteiger partial charge in [-0.15, -0.1) is 0 Å². The smallest absolute Gasteiger partial charge is 0.251 e. The van der Waals surface area contributed by atoms with Crippen LogP contribution in [0.25, 0.3) is 10.9 Å². The maximum absolute atomic E-state index is 12.2. The Morgan fingerprint density at radius 1 is 1.21 bits per heavy atom. The molecule has 0 aliphatic heterocycles. The van der Waals surface area contributed by atoms with Crippen LogP contribution in [0.4, 0.5) is 0 Å². The summed E-state index contributed by atoms with van der Waals surface area (Å²) in [4.78, 5) is 15.4. The molecular formula is C19H19ClN2O2. The van der Waals surface area contributed by atoms with E-state index < -0.39 is 0 Å². The minimum Gasteiger partial charge on any atom is -0.494 e. The Morgan fingerprint density at radius 3 is 2.75 bits per heavy atom. The average molecular weight is 343 g/mol. The van der Waals surface area contributed by atoms with Crippen LogP contribution in [0.1, 0.15) is 22.8 Å².